The van der Waals surface area contributed by atoms with Gasteiger partial charge < -0.3 is 14.7 Å². The van der Waals surface area contributed by atoms with Gasteiger partial charge in [0.2, 0.25) is 0 Å². The van der Waals surface area contributed by atoms with Gasteiger partial charge in [0.15, 0.2) is 0 Å². The molecule has 0 aliphatic carbocycles. The SMILES string of the molecule is COc1cccc(N2C3CCC2CC(O)C3)c1. The fraction of sp³-hybridized carbons (Fsp3) is 0.571. The average molecular weight is 233 g/mol. The Morgan fingerprint density at radius 1 is 1.24 bits per heavy atom. The molecule has 2 aliphatic heterocycles. The number of hydrogen-bond acceptors (Lipinski definition) is 3. The molecule has 1 aromatic carbocycles. The Balaban J connectivity index is 1.89. The zero-order valence-electron chi connectivity index (χ0n) is 10.2. The Labute approximate surface area is 102 Å². The summed E-state index contributed by atoms with van der Waals surface area (Å²) in [6.45, 7) is 0. The van der Waals surface area contributed by atoms with Crippen LogP contribution in [-0.2, 0) is 0 Å². The summed E-state index contributed by atoms with van der Waals surface area (Å²) in [5.74, 6) is 0.910. The molecular formula is C14H19NO2. The molecule has 3 rings (SSSR count). The lowest BCUT2D eigenvalue weighted by atomic mass is 9.99. The first kappa shape index (κ1) is 10.9. The molecular weight excluding hydrogens is 214 g/mol. The zero-order chi connectivity index (χ0) is 11.8. The van der Waals surface area contributed by atoms with E-state index in [4.69, 9.17) is 4.74 Å². The van der Waals surface area contributed by atoms with E-state index in [2.05, 4.69) is 17.0 Å². The third-order valence-electron chi connectivity index (χ3n) is 4.06. The average Bonchev–Trinajstić information content (AvgIpc) is 2.62. The number of hydrogen-bond donors (Lipinski definition) is 1. The maximum Gasteiger partial charge on any atom is 0.120 e. The van der Waals surface area contributed by atoms with Crippen molar-refractivity contribution in [2.75, 3.05) is 12.0 Å². The van der Waals surface area contributed by atoms with E-state index in [0.717, 1.165) is 18.6 Å². The predicted octanol–water partition coefficient (Wildman–Crippen LogP) is 2.19. The molecule has 0 aromatic heterocycles. The molecule has 0 spiro atoms. The second-order valence-corrected chi connectivity index (χ2v) is 5.12. The number of nitrogens with zero attached hydrogens (tertiary/aromatic N) is 1. The molecule has 2 saturated heterocycles. The number of aliphatic hydroxyl groups excluding tert-OH is 1. The summed E-state index contributed by atoms with van der Waals surface area (Å²) in [5, 5.41) is 9.80. The number of ether oxygens (including phenoxy) is 1. The quantitative estimate of drug-likeness (QED) is 0.850. The lowest BCUT2D eigenvalue weighted by Crippen LogP contribution is -2.44. The summed E-state index contributed by atoms with van der Waals surface area (Å²) in [6.07, 6.45) is 4.13. The van der Waals surface area contributed by atoms with E-state index in [1.165, 1.54) is 18.5 Å². The Morgan fingerprint density at radius 3 is 2.59 bits per heavy atom. The molecule has 2 atom stereocenters. The minimum Gasteiger partial charge on any atom is -0.497 e. The van der Waals surface area contributed by atoms with Crippen LogP contribution in [0.1, 0.15) is 25.7 Å². The topological polar surface area (TPSA) is 32.7 Å². The largest absolute Gasteiger partial charge is 0.497 e. The second kappa shape index (κ2) is 4.22. The molecule has 0 saturated carbocycles. The second-order valence-electron chi connectivity index (χ2n) is 5.12. The van der Waals surface area contributed by atoms with Gasteiger partial charge in [0.1, 0.15) is 5.75 Å². The highest BCUT2D eigenvalue weighted by Gasteiger charge is 2.40. The van der Waals surface area contributed by atoms with E-state index in [1.54, 1.807) is 7.11 Å². The molecule has 0 amide bonds. The summed E-state index contributed by atoms with van der Waals surface area (Å²) in [4.78, 5) is 2.48. The first-order valence-corrected chi connectivity index (χ1v) is 6.38. The molecule has 92 valence electrons. The molecule has 3 heteroatoms. The molecule has 2 aliphatic rings. The lowest BCUT2D eigenvalue weighted by Gasteiger charge is -2.39. The third-order valence-corrected chi connectivity index (χ3v) is 4.06. The van der Waals surface area contributed by atoms with Crippen LogP contribution in [0.2, 0.25) is 0 Å². The Kier molecular flexibility index (Phi) is 2.71. The van der Waals surface area contributed by atoms with E-state index in [-0.39, 0.29) is 6.10 Å². The van der Waals surface area contributed by atoms with Crippen molar-refractivity contribution in [3.05, 3.63) is 24.3 Å². The van der Waals surface area contributed by atoms with Gasteiger partial charge in [-0.25, -0.2) is 0 Å². The van der Waals surface area contributed by atoms with Crippen molar-refractivity contribution < 1.29 is 9.84 Å². The molecule has 2 fully saturated rings. The number of benzene rings is 1. The van der Waals surface area contributed by atoms with E-state index in [9.17, 15) is 5.11 Å². The minimum atomic E-state index is -0.102. The van der Waals surface area contributed by atoms with Gasteiger partial charge in [-0.05, 0) is 37.8 Å². The first-order chi connectivity index (χ1) is 8.28. The number of aliphatic hydroxyl groups is 1. The number of fused-ring (bicyclic) bond motifs is 2. The van der Waals surface area contributed by atoms with Gasteiger partial charge in [-0.3, -0.25) is 0 Å². The molecule has 0 radical (unpaired) electrons. The number of rotatable bonds is 2. The highest BCUT2D eigenvalue weighted by atomic mass is 16.5. The lowest BCUT2D eigenvalue weighted by molar-refractivity contribution is 0.126. The Hall–Kier alpha value is -1.22. The molecule has 1 aromatic rings. The van der Waals surface area contributed by atoms with Crippen molar-refractivity contribution in [2.45, 2.75) is 43.9 Å². The van der Waals surface area contributed by atoms with E-state index in [1.807, 2.05) is 12.1 Å². The highest BCUT2D eigenvalue weighted by Crippen LogP contribution is 2.40. The standard InChI is InChI=1S/C14H19NO2/c1-17-14-4-2-3-10(9-14)15-11-5-6-12(15)8-13(16)7-11/h2-4,9,11-13,16H,5-8H2,1H3. The van der Waals surface area contributed by atoms with E-state index < -0.39 is 0 Å². The summed E-state index contributed by atoms with van der Waals surface area (Å²) in [7, 11) is 1.70. The molecule has 2 bridgehead atoms. The fourth-order valence-corrected chi connectivity index (χ4v) is 3.34. The van der Waals surface area contributed by atoms with E-state index >= 15 is 0 Å². The predicted molar refractivity (Wildman–Crippen MR) is 67.5 cm³/mol. The minimum absolute atomic E-state index is 0.102. The van der Waals surface area contributed by atoms with Crippen molar-refractivity contribution >= 4 is 5.69 Å². The Bertz CT molecular complexity index is 393. The van der Waals surface area contributed by atoms with Gasteiger partial charge >= 0.3 is 0 Å². The summed E-state index contributed by atoms with van der Waals surface area (Å²) in [6, 6.07) is 9.28. The number of methoxy groups -OCH3 is 1. The van der Waals surface area contributed by atoms with Crippen LogP contribution in [0, 0.1) is 0 Å². The van der Waals surface area contributed by atoms with Crippen LogP contribution >= 0.6 is 0 Å². The fourth-order valence-electron chi connectivity index (χ4n) is 3.34. The van der Waals surface area contributed by atoms with Crippen molar-refractivity contribution in [1.82, 2.24) is 0 Å². The monoisotopic (exact) mass is 233 g/mol. The smallest absolute Gasteiger partial charge is 0.120 e. The van der Waals surface area contributed by atoms with Crippen LogP contribution in [0.25, 0.3) is 0 Å². The summed E-state index contributed by atoms with van der Waals surface area (Å²) >= 11 is 0. The van der Waals surface area contributed by atoms with Gasteiger partial charge in [0, 0.05) is 23.8 Å². The van der Waals surface area contributed by atoms with Crippen molar-refractivity contribution in [1.29, 1.82) is 0 Å². The van der Waals surface area contributed by atoms with Crippen LogP contribution in [0.3, 0.4) is 0 Å². The van der Waals surface area contributed by atoms with Gasteiger partial charge in [0.25, 0.3) is 0 Å². The van der Waals surface area contributed by atoms with Gasteiger partial charge in [-0.2, -0.15) is 0 Å². The number of anilines is 1. The van der Waals surface area contributed by atoms with Gasteiger partial charge in [-0.15, -0.1) is 0 Å². The van der Waals surface area contributed by atoms with Crippen LogP contribution in [0.5, 0.6) is 5.75 Å². The van der Waals surface area contributed by atoms with Crippen molar-refractivity contribution in [3.63, 3.8) is 0 Å². The summed E-state index contributed by atoms with van der Waals surface area (Å²) < 4.78 is 5.28. The molecule has 1 N–H and O–H groups in total. The highest BCUT2D eigenvalue weighted by molar-refractivity contribution is 5.54. The van der Waals surface area contributed by atoms with Crippen molar-refractivity contribution in [2.24, 2.45) is 0 Å². The third kappa shape index (κ3) is 1.89. The molecule has 17 heavy (non-hydrogen) atoms. The van der Waals surface area contributed by atoms with Gasteiger partial charge in [0.05, 0.1) is 13.2 Å². The number of piperidine rings is 1. The van der Waals surface area contributed by atoms with E-state index in [0.29, 0.717) is 12.1 Å². The van der Waals surface area contributed by atoms with Gasteiger partial charge in [-0.1, -0.05) is 6.07 Å². The molecule has 3 nitrogen and oxygen atoms in total. The molecule has 2 heterocycles. The normalized spacial score (nSPS) is 31.6. The zero-order valence-corrected chi connectivity index (χ0v) is 10.2. The van der Waals surface area contributed by atoms with Crippen LogP contribution in [0.4, 0.5) is 5.69 Å². The van der Waals surface area contributed by atoms with Crippen LogP contribution in [-0.4, -0.2) is 30.4 Å². The Morgan fingerprint density at radius 2 is 1.94 bits per heavy atom. The first-order valence-electron chi connectivity index (χ1n) is 6.38. The maximum absolute atomic E-state index is 9.80. The van der Waals surface area contributed by atoms with Crippen molar-refractivity contribution in [3.8, 4) is 5.75 Å². The van der Waals surface area contributed by atoms with Crippen LogP contribution in [0.15, 0.2) is 24.3 Å². The van der Waals surface area contributed by atoms with Crippen LogP contribution < -0.4 is 9.64 Å². The summed E-state index contributed by atoms with van der Waals surface area (Å²) in [5.41, 5.74) is 1.24. The maximum atomic E-state index is 9.80. The molecule has 2 unspecified atom stereocenters.